The first-order valence-electron chi connectivity index (χ1n) is 7.61. The SMILES string of the molecule is COC1CCC(n2nc(OCC(F)CO)c([N+](=O)[O-])c2C)CC1. The number of aromatic nitrogens is 2. The molecular formula is C14H22FN3O5. The molecule has 130 valence electrons. The van der Waals surface area contributed by atoms with Crippen molar-refractivity contribution in [1.29, 1.82) is 0 Å². The number of aliphatic hydroxyl groups excluding tert-OH is 1. The molecule has 9 heteroatoms. The number of hydrogen-bond donors (Lipinski definition) is 1. The molecule has 1 saturated carbocycles. The van der Waals surface area contributed by atoms with Gasteiger partial charge in [0, 0.05) is 7.11 Å². The molecule has 0 aliphatic heterocycles. The summed E-state index contributed by atoms with van der Waals surface area (Å²) in [4.78, 5) is 10.7. The van der Waals surface area contributed by atoms with E-state index in [4.69, 9.17) is 14.6 Å². The number of nitrogens with zero attached hydrogens (tertiary/aromatic N) is 3. The largest absolute Gasteiger partial charge is 0.469 e. The van der Waals surface area contributed by atoms with Crippen molar-refractivity contribution in [2.24, 2.45) is 0 Å². The normalized spacial score (nSPS) is 22.8. The summed E-state index contributed by atoms with van der Waals surface area (Å²) in [6.45, 7) is 0.443. The van der Waals surface area contributed by atoms with Gasteiger partial charge in [0.1, 0.15) is 12.3 Å². The van der Waals surface area contributed by atoms with Crippen molar-refractivity contribution in [2.75, 3.05) is 20.3 Å². The fourth-order valence-corrected chi connectivity index (χ4v) is 2.89. The van der Waals surface area contributed by atoms with E-state index in [0.717, 1.165) is 25.7 Å². The minimum atomic E-state index is -1.60. The van der Waals surface area contributed by atoms with E-state index in [2.05, 4.69) is 5.10 Å². The van der Waals surface area contributed by atoms with Crippen LogP contribution in [0.15, 0.2) is 0 Å². The Bertz CT molecular complexity index is 543. The number of rotatable bonds is 7. The smallest absolute Gasteiger partial charge is 0.352 e. The Morgan fingerprint density at radius 2 is 2.13 bits per heavy atom. The Labute approximate surface area is 133 Å². The molecule has 1 aliphatic carbocycles. The van der Waals surface area contributed by atoms with Gasteiger partial charge in [-0.25, -0.2) is 4.39 Å². The zero-order chi connectivity index (χ0) is 17.0. The van der Waals surface area contributed by atoms with Crippen LogP contribution < -0.4 is 4.74 Å². The van der Waals surface area contributed by atoms with Gasteiger partial charge in [0.05, 0.1) is 23.7 Å². The van der Waals surface area contributed by atoms with Crippen LogP contribution >= 0.6 is 0 Å². The summed E-state index contributed by atoms with van der Waals surface area (Å²) in [5.41, 5.74) is 0.147. The van der Waals surface area contributed by atoms with Crippen LogP contribution in [0.5, 0.6) is 5.88 Å². The fourth-order valence-electron chi connectivity index (χ4n) is 2.89. The van der Waals surface area contributed by atoms with Crippen molar-refractivity contribution in [1.82, 2.24) is 9.78 Å². The van der Waals surface area contributed by atoms with E-state index in [0.29, 0.717) is 5.69 Å². The molecule has 0 radical (unpaired) electrons. The van der Waals surface area contributed by atoms with E-state index < -0.39 is 24.3 Å². The van der Waals surface area contributed by atoms with Gasteiger partial charge in [-0.1, -0.05) is 0 Å². The Hall–Kier alpha value is -1.74. The second-order valence-electron chi connectivity index (χ2n) is 5.70. The third-order valence-electron chi connectivity index (χ3n) is 4.19. The quantitative estimate of drug-likeness (QED) is 0.605. The van der Waals surface area contributed by atoms with Crippen LogP contribution in [0.4, 0.5) is 10.1 Å². The molecule has 1 fully saturated rings. The average Bonchev–Trinajstić information content (AvgIpc) is 2.89. The van der Waals surface area contributed by atoms with Crippen molar-refractivity contribution in [2.45, 2.75) is 50.9 Å². The molecule has 1 unspecified atom stereocenters. The van der Waals surface area contributed by atoms with Crippen LogP contribution in [-0.4, -0.2) is 52.4 Å². The van der Waals surface area contributed by atoms with Crippen molar-refractivity contribution in [3.05, 3.63) is 15.8 Å². The molecule has 8 nitrogen and oxygen atoms in total. The van der Waals surface area contributed by atoms with Crippen LogP contribution in [0.25, 0.3) is 0 Å². The molecule has 0 amide bonds. The lowest BCUT2D eigenvalue weighted by atomic mass is 9.93. The van der Waals surface area contributed by atoms with Crippen LogP contribution in [0.3, 0.4) is 0 Å². The lowest BCUT2D eigenvalue weighted by Crippen LogP contribution is -2.24. The maximum Gasteiger partial charge on any atom is 0.352 e. The van der Waals surface area contributed by atoms with Gasteiger partial charge in [-0.3, -0.25) is 14.8 Å². The topological polar surface area (TPSA) is 99.7 Å². The molecule has 0 spiro atoms. The summed E-state index contributed by atoms with van der Waals surface area (Å²) in [6.07, 6.45) is 1.95. The van der Waals surface area contributed by atoms with E-state index in [1.54, 1.807) is 18.7 Å². The average molecular weight is 331 g/mol. The predicted molar refractivity (Wildman–Crippen MR) is 79.4 cm³/mol. The van der Waals surface area contributed by atoms with Gasteiger partial charge < -0.3 is 14.6 Å². The molecule has 1 atom stereocenters. The van der Waals surface area contributed by atoms with Gasteiger partial charge in [-0.05, 0) is 32.6 Å². The number of methoxy groups -OCH3 is 1. The van der Waals surface area contributed by atoms with Crippen molar-refractivity contribution >= 4 is 5.69 Å². The van der Waals surface area contributed by atoms with Gasteiger partial charge in [-0.15, -0.1) is 5.10 Å². The zero-order valence-corrected chi connectivity index (χ0v) is 13.3. The summed E-state index contributed by atoms with van der Waals surface area (Å²) in [6, 6.07) is 0.0384. The third-order valence-corrected chi connectivity index (χ3v) is 4.19. The summed E-state index contributed by atoms with van der Waals surface area (Å²) < 4.78 is 25.1. The fraction of sp³-hybridized carbons (Fsp3) is 0.786. The summed E-state index contributed by atoms with van der Waals surface area (Å²) in [7, 11) is 1.68. The Kier molecular flexibility index (Phi) is 5.89. The molecule has 1 aromatic rings. The molecule has 1 heterocycles. The van der Waals surface area contributed by atoms with Crippen molar-refractivity contribution in [3.63, 3.8) is 0 Å². The van der Waals surface area contributed by atoms with Gasteiger partial charge >= 0.3 is 11.6 Å². The summed E-state index contributed by atoms with van der Waals surface area (Å²) >= 11 is 0. The molecule has 1 aliphatic rings. The van der Waals surface area contributed by atoms with Gasteiger partial charge in [0.2, 0.25) is 0 Å². The highest BCUT2D eigenvalue weighted by Gasteiger charge is 2.32. The Morgan fingerprint density at radius 3 is 2.65 bits per heavy atom. The molecule has 0 aromatic carbocycles. The number of nitro groups is 1. The third kappa shape index (κ3) is 3.97. The first-order chi connectivity index (χ1) is 11.0. The number of alkyl halides is 1. The van der Waals surface area contributed by atoms with Crippen LogP contribution in [0.2, 0.25) is 0 Å². The molecule has 0 saturated heterocycles. The molecule has 0 bridgehead atoms. The molecule has 1 aromatic heterocycles. The van der Waals surface area contributed by atoms with Crippen LogP contribution in [0, 0.1) is 17.0 Å². The van der Waals surface area contributed by atoms with E-state index >= 15 is 0 Å². The van der Waals surface area contributed by atoms with Crippen LogP contribution in [-0.2, 0) is 4.74 Å². The lowest BCUT2D eigenvalue weighted by molar-refractivity contribution is -0.386. The molecule has 2 rings (SSSR count). The van der Waals surface area contributed by atoms with Gasteiger partial charge in [0.25, 0.3) is 0 Å². The predicted octanol–water partition coefficient (Wildman–Crippen LogP) is 1.94. The first kappa shape index (κ1) is 17.6. The van der Waals surface area contributed by atoms with E-state index in [-0.39, 0.29) is 23.7 Å². The number of ether oxygens (including phenoxy) is 2. The van der Waals surface area contributed by atoms with E-state index in [1.807, 2.05) is 0 Å². The highest BCUT2D eigenvalue weighted by atomic mass is 19.1. The second kappa shape index (κ2) is 7.69. The summed E-state index contributed by atoms with van der Waals surface area (Å²) in [5.74, 6) is -0.197. The number of aliphatic hydroxyl groups is 1. The molecule has 1 N–H and O–H groups in total. The Balaban J connectivity index is 2.19. The van der Waals surface area contributed by atoms with E-state index in [9.17, 15) is 14.5 Å². The number of halogens is 1. The second-order valence-corrected chi connectivity index (χ2v) is 5.70. The Morgan fingerprint density at radius 1 is 1.48 bits per heavy atom. The molecule has 23 heavy (non-hydrogen) atoms. The van der Waals surface area contributed by atoms with Gasteiger partial charge in [-0.2, -0.15) is 0 Å². The maximum atomic E-state index is 13.1. The standard InChI is InChI=1S/C14H22FN3O5/c1-9-13(18(20)21)14(23-8-10(15)7-19)16-17(9)11-3-5-12(22-2)6-4-11/h10-12,19H,3-8H2,1-2H3. The van der Waals surface area contributed by atoms with Crippen LogP contribution in [0.1, 0.15) is 37.4 Å². The number of hydrogen-bond acceptors (Lipinski definition) is 6. The molecular weight excluding hydrogens is 309 g/mol. The highest BCUT2D eigenvalue weighted by Crippen LogP contribution is 2.36. The lowest BCUT2D eigenvalue weighted by Gasteiger charge is -2.28. The minimum Gasteiger partial charge on any atom is -0.469 e. The van der Waals surface area contributed by atoms with Crippen molar-refractivity contribution in [3.8, 4) is 5.88 Å². The maximum absolute atomic E-state index is 13.1. The first-order valence-corrected chi connectivity index (χ1v) is 7.61. The monoisotopic (exact) mass is 331 g/mol. The van der Waals surface area contributed by atoms with E-state index in [1.165, 1.54) is 0 Å². The van der Waals surface area contributed by atoms with Crippen molar-refractivity contribution < 1.29 is 23.9 Å². The minimum absolute atomic E-state index is 0.0384. The summed E-state index contributed by atoms with van der Waals surface area (Å²) in [5, 5.41) is 24.1. The highest BCUT2D eigenvalue weighted by molar-refractivity contribution is 5.45. The van der Waals surface area contributed by atoms with Gasteiger partial charge in [0.15, 0.2) is 6.17 Å². The zero-order valence-electron chi connectivity index (χ0n) is 13.3.